The zero-order chi connectivity index (χ0) is 11.5. The van der Waals surface area contributed by atoms with Crippen molar-refractivity contribution in [1.29, 1.82) is 0 Å². The maximum absolute atomic E-state index is 13.7. The first-order chi connectivity index (χ1) is 7.70. The lowest BCUT2D eigenvalue weighted by atomic mass is 10.1. The molecule has 1 aliphatic heterocycles. The van der Waals surface area contributed by atoms with Crippen molar-refractivity contribution in [3.05, 3.63) is 29.6 Å². The van der Waals surface area contributed by atoms with Crippen LogP contribution in [0.1, 0.15) is 18.6 Å². The lowest BCUT2D eigenvalue weighted by molar-refractivity contribution is 0.194. The van der Waals surface area contributed by atoms with Crippen molar-refractivity contribution in [2.24, 2.45) is 0 Å². The second kappa shape index (κ2) is 5.06. The van der Waals surface area contributed by atoms with Gasteiger partial charge in [-0.05, 0) is 19.1 Å². The fraction of sp³-hybridized carbons (Fsp3) is 0.500. The van der Waals surface area contributed by atoms with Crippen LogP contribution in [0.25, 0.3) is 0 Å². The van der Waals surface area contributed by atoms with E-state index in [4.69, 9.17) is 0 Å². The van der Waals surface area contributed by atoms with Crippen molar-refractivity contribution in [2.45, 2.75) is 13.0 Å². The SMILES string of the molecule is C[C@H](O)c1c(F)cccc1N1CCSCC1. The molecule has 1 fully saturated rings. The van der Waals surface area contributed by atoms with E-state index < -0.39 is 6.10 Å². The summed E-state index contributed by atoms with van der Waals surface area (Å²) in [6, 6.07) is 5.00. The number of nitrogens with zero attached hydrogens (tertiary/aromatic N) is 1. The zero-order valence-corrected chi connectivity index (χ0v) is 10.1. The topological polar surface area (TPSA) is 23.5 Å². The average molecular weight is 241 g/mol. The third kappa shape index (κ3) is 2.33. The fourth-order valence-electron chi connectivity index (χ4n) is 2.02. The number of benzene rings is 1. The highest BCUT2D eigenvalue weighted by Crippen LogP contribution is 2.30. The van der Waals surface area contributed by atoms with Crippen molar-refractivity contribution in [3.8, 4) is 0 Å². The van der Waals surface area contributed by atoms with Crippen LogP contribution in [-0.4, -0.2) is 29.7 Å². The van der Waals surface area contributed by atoms with Crippen LogP contribution in [0.15, 0.2) is 18.2 Å². The summed E-state index contributed by atoms with van der Waals surface area (Å²) in [5.41, 5.74) is 1.27. The Morgan fingerprint density at radius 2 is 2.06 bits per heavy atom. The predicted octanol–water partition coefficient (Wildman–Crippen LogP) is 2.43. The minimum absolute atomic E-state index is 0.314. The summed E-state index contributed by atoms with van der Waals surface area (Å²) in [6.45, 7) is 3.46. The van der Waals surface area contributed by atoms with Gasteiger partial charge in [-0.1, -0.05) is 6.07 Å². The largest absolute Gasteiger partial charge is 0.389 e. The summed E-state index contributed by atoms with van der Waals surface area (Å²) in [4.78, 5) is 2.15. The predicted molar refractivity (Wildman–Crippen MR) is 66.6 cm³/mol. The molecule has 1 aliphatic rings. The third-order valence-electron chi connectivity index (χ3n) is 2.80. The Labute approximate surface area is 99.5 Å². The fourth-order valence-corrected chi connectivity index (χ4v) is 2.92. The number of aliphatic hydroxyl groups excluding tert-OH is 1. The summed E-state index contributed by atoms with van der Waals surface area (Å²) in [5, 5.41) is 9.64. The number of halogens is 1. The molecule has 1 N–H and O–H groups in total. The Hall–Kier alpha value is -0.740. The summed E-state index contributed by atoms with van der Waals surface area (Å²) < 4.78 is 13.7. The molecule has 1 atom stereocenters. The maximum Gasteiger partial charge on any atom is 0.131 e. The number of thioether (sulfide) groups is 1. The summed E-state index contributed by atoms with van der Waals surface area (Å²) >= 11 is 1.91. The molecule has 1 saturated heterocycles. The van der Waals surface area contributed by atoms with Crippen molar-refractivity contribution < 1.29 is 9.50 Å². The Morgan fingerprint density at radius 1 is 1.38 bits per heavy atom. The monoisotopic (exact) mass is 241 g/mol. The van der Waals surface area contributed by atoms with E-state index in [1.165, 1.54) is 6.07 Å². The van der Waals surface area contributed by atoms with E-state index in [2.05, 4.69) is 4.90 Å². The zero-order valence-electron chi connectivity index (χ0n) is 9.32. The number of hydrogen-bond acceptors (Lipinski definition) is 3. The van der Waals surface area contributed by atoms with Gasteiger partial charge in [-0.15, -0.1) is 0 Å². The highest BCUT2D eigenvalue weighted by molar-refractivity contribution is 7.99. The quantitative estimate of drug-likeness (QED) is 0.860. The van der Waals surface area contributed by atoms with E-state index in [9.17, 15) is 9.50 Å². The first kappa shape index (κ1) is 11.7. The molecule has 2 nitrogen and oxygen atoms in total. The van der Waals surface area contributed by atoms with Crippen LogP contribution in [0, 0.1) is 5.82 Å². The lowest BCUT2D eigenvalue weighted by Gasteiger charge is -2.31. The molecule has 0 amide bonds. The Balaban J connectivity index is 2.34. The molecular formula is C12H16FNOS. The van der Waals surface area contributed by atoms with Crippen LogP contribution in [0.4, 0.5) is 10.1 Å². The average Bonchev–Trinajstić information content (AvgIpc) is 2.29. The molecule has 0 aromatic heterocycles. The number of anilines is 1. The molecule has 16 heavy (non-hydrogen) atoms. The highest BCUT2D eigenvalue weighted by Gasteiger charge is 2.19. The van der Waals surface area contributed by atoms with E-state index in [0.717, 1.165) is 30.3 Å². The normalized spacial score (nSPS) is 18.6. The van der Waals surface area contributed by atoms with Crippen molar-refractivity contribution in [2.75, 3.05) is 29.5 Å². The van der Waals surface area contributed by atoms with E-state index in [-0.39, 0.29) is 5.82 Å². The van der Waals surface area contributed by atoms with Crippen LogP contribution >= 0.6 is 11.8 Å². The van der Waals surface area contributed by atoms with E-state index in [1.54, 1.807) is 13.0 Å². The maximum atomic E-state index is 13.7. The van der Waals surface area contributed by atoms with Gasteiger partial charge in [0.05, 0.1) is 6.10 Å². The molecular weight excluding hydrogens is 225 g/mol. The van der Waals surface area contributed by atoms with Gasteiger partial charge < -0.3 is 10.0 Å². The van der Waals surface area contributed by atoms with Crippen molar-refractivity contribution >= 4 is 17.4 Å². The molecule has 4 heteroatoms. The molecule has 0 unspecified atom stereocenters. The molecule has 1 aromatic carbocycles. The molecule has 0 spiro atoms. The summed E-state index contributed by atoms with van der Waals surface area (Å²) in [5.74, 6) is 1.82. The summed E-state index contributed by atoms with van der Waals surface area (Å²) in [7, 11) is 0. The minimum Gasteiger partial charge on any atom is -0.389 e. The molecule has 88 valence electrons. The van der Waals surface area contributed by atoms with Gasteiger partial charge in [0.25, 0.3) is 0 Å². The molecule has 0 bridgehead atoms. The summed E-state index contributed by atoms with van der Waals surface area (Å²) in [6.07, 6.45) is -0.759. The molecule has 0 saturated carbocycles. The van der Waals surface area contributed by atoms with E-state index >= 15 is 0 Å². The van der Waals surface area contributed by atoms with E-state index in [1.807, 2.05) is 17.8 Å². The second-order valence-corrected chi connectivity index (χ2v) is 5.17. The molecule has 0 radical (unpaired) electrons. The van der Waals surface area contributed by atoms with Crippen LogP contribution in [0.3, 0.4) is 0 Å². The third-order valence-corrected chi connectivity index (χ3v) is 3.74. The minimum atomic E-state index is -0.759. The van der Waals surface area contributed by atoms with Gasteiger partial charge in [0, 0.05) is 35.8 Å². The first-order valence-corrected chi connectivity index (χ1v) is 6.65. The lowest BCUT2D eigenvalue weighted by Crippen LogP contribution is -2.33. The molecule has 1 aromatic rings. The smallest absolute Gasteiger partial charge is 0.131 e. The first-order valence-electron chi connectivity index (χ1n) is 5.49. The van der Waals surface area contributed by atoms with Crippen molar-refractivity contribution in [1.82, 2.24) is 0 Å². The van der Waals surface area contributed by atoms with Crippen LogP contribution in [0.5, 0.6) is 0 Å². The van der Waals surface area contributed by atoms with Gasteiger partial charge in [-0.25, -0.2) is 4.39 Å². The van der Waals surface area contributed by atoms with Gasteiger partial charge in [-0.3, -0.25) is 0 Å². The molecule has 0 aliphatic carbocycles. The Morgan fingerprint density at radius 3 is 2.69 bits per heavy atom. The van der Waals surface area contributed by atoms with Crippen LogP contribution < -0.4 is 4.90 Å². The van der Waals surface area contributed by atoms with Gasteiger partial charge >= 0.3 is 0 Å². The van der Waals surface area contributed by atoms with Crippen molar-refractivity contribution in [3.63, 3.8) is 0 Å². The standard InChI is InChI=1S/C12H16FNOS/c1-9(15)12-10(13)3-2-4-11(12)14-5-7-16-8-6-14/h2-4,9,15H,5-8H2,1H3/t9-/m0/s1. The Bertz CT molecular complexity index is 364. The number of rotatable bonds is 2. The van der Waals surface area contributed by atoms with Crippen LogP contribution in [-0.2, 0) is 0 Å². The van der Waals surface area contributed by atoms with Gasteiger partial charge in [-0.2, -0.15) is 11.8 Å². The van der Waals surface area contributed by atoms with Crippen LogP contribution in [0.2, 0.25) is 0 Å². The second-order valence-electron chi connectivity index (χ2n) is 3.95. The molecule has 2 rings (SSSR count). The Kier molecular flexibility index (Phi) is 3.71. The van der Waals surface area contributed by atoms with Gasteiger partial charge in [0.1, 0.15) is 5.82 Å². The number of hydrogen-bond donors (Lipinski definition) is 1. The van der Waals surface area contributed by atoms with Gasteiger partial charge in [0.2, 0.25) is 0 Å². The number of aliphatic hydroxyl groups is 1. The highest BCUT2D eigenvalue weighted by atomic mass is 32.2. The molecule has 1 heterocycles. The van der Waals surface area contributed by atoms with E-state index in [0.29, 0.717) is 5.56 Å². The van der Waals surface area contributed by atoms with Gasteiger partial charge in [0.15, 0.2) is 0 Å².